The highest BCUT2D eigenvalue weighted by Gasteiger charge is 2.41. The van der Waals surface area contributed by atoms with E-state index >= 15 is 0 Å². The molecular weight excluding hydrogens is 944 g/mol. The van der Waals surface area contributed by atoms with Crippen molar-refractivity contribution in [2.75, 3.05) is 26.4 Å². The molecule has 2 aromatic heterocycles. The van der Waals surface area contributed by atoms with Gasteiger partial charge in [0.25, 0.3) is 0 Å². The van der Waals surface area contributed by atoms with E-state index in [1.165, 1.54) is 72.8 Å². The summed E-state index contributed by atoms with van der Waals surface area (Å²) >= 11 is 0. The lowest BCUT2D eigenvalue weighted by Gasteiger charge is -2.24. The van der Waals surface area contributed by atoms with Gasteiger partial charge in [0.05, 0.1) is 24.0 Å². The molecule has 0 aliphatic rings. The molecule has 0 aliphatic carbocycles. The Kier molecular flexibility index (Phi) is 17.6. The van der Waals surface area contributed by atoms with Crippen LogP contribution in [0.4, 0.5) is 39.5 Å². The quantitative estimate of drug-likeness (QED) is 0.0251. The molecular formula is C51H49F9O10. The molecule has 4 aromatic carbocycles. The Morgan fingerprint density at radius 1 is 0.557 bits per heavy atom. The number of benzene rings is 4. The standard InChI is InChI=1S/C51H49F9O10/c1-4-7-9-11-31-13-19-39(45(21-31)69-50(55,56)57)41-23-33-15-17-36(25-43(33)67-47(41)61)65-29-38(64-28-35(27-63-6-3)49(52,53)54)30-66-37-18-16-34-24-42(48(62)68-44(34)26-37)40-20-14-32(12-10-8-5-2)22-46(40)70-51(58,59)60/h6,13-26,35,38H,3-5,7-12,27-30H2,1-2H3. The van der Waals surface area contributed by atoms with Crippen LogP contribution in [0.25, 0.3) is 44.2 Å². The van der Waals surface area contributed by atoms with Gasteiger partial charge in [-0.1, -0.05) is 70.4 Å². The average Bonchev–Trinajstić information content (AvgIpc) is 3.28. The number of rotatable bonds is 24. The highest BCUT2D eigenvalue weighted by molar-refractivity contribution is 5.85. The Labute approximate surface area is 395 Å². The van der Waals surface area contributed by atoms with Crippen LogP contribution in [0.2, 0.25) is 0 Å². The topological polar surface area (TPSA) is 116 Å². The predicted octanol–water partition coefficient (Wildman–Crippen LogP) is 13.7. The van der Waals surface area contributed by atoms with Gasteiger partial charge < -0.3 is 37.3 Å². The summed E-state index contributed by atoms with van der Waals surface area (Å²) in [5.74, 6) is -3.11. The molecule has 0 radical (unpaired) electrons. The van der Waals surface area contributed by atoms with Gasteiger partial charge in [0, 0.05) is 34.0 Å². The van der Waals surface area contributed by atoms with Gasteiger partial charge in [0.1, 0.15) is 66.0 Å². The summed E-state index contributed by atoms with van der Waals surface area (Å²) in [5, 5.41) is 0.582. The van der Waals surface area contributed by atoms with Crippen molar-refractivity contribution >= 4 is 21.9 Å². The van der Waals surface area contributed by atoms with Crippen molar-refractivity contribution in [2.24, 2.45) is 5.92 Å². The number of ether oxygens (including phenoxy) is 6. The third kappa shape index (κ3) is 14.9. The third-order valence-electron chi connectivity index (χ3n) is 11.0. The normalized spacial score (nSPS) is 12.6. The molecule has 70 heavy (non-hydrogen) atoms. The molecule has 10 nitrogen and oxygen atoms in total. The highest BCUT2D eigenvalue weighted by Crippen LogP contribution is 2.38. The summed E-state index contributed by atoms with van der Waals surface area (Å²) in [6.45, 7) is 4.68. The van der Waals surface area contributed by atoms with Crippen LogP contribution in [0.15, 0.2) is 116 Å². The summed E-state index contributed by atoms with van der Waals surface area (Å²) in [4.78, 5) is 26.6. The van der Waals surface area contributed by atoms with E-state index in [1.54, 1.807) is 12.1 Å². The lowest BCUT2D eigenvalue weighted by Crippen LogP contribution is -2.36. The minimum absolute atomic E-state index is 0.0301. The molecule has 6 rings (SSSR count). The van der Waals surface area contributed by atoms with Crippen LogP contribution in [-0.2, 0) is 22.3 Å². The molecule has 0 saturated carbocycles. The number of aryl methyl sites for hydroxylation is 2. The molecule has 0 spiro atoms. The van der Waals surface area contributed by atoms with Crippen LogP contribution in [0.1, 0.15) is 63.5 Å². The monoisotopic (exact) mass is 992 g/mol. The van der Waals surface area contributed by atoms with Gasteiger partial charge in [-0.3, -0.25) is 0 Å². The maximum atomic E-state index is 13.9. The summed E-state index contributed by atoms with van der Waals surface area (Å²) < 4.78 is 165. The highest BCUT2D eigenvalue weighted by atomic mass is 19.4. The number of alkyl halides is 9. The first-order valence-electron chi connectivity index (χ1n) is 22.3. The summed E-state index contributed by atoms with van der Waals surface area (Å²) in [6.07, 6.45) is -9.18. The number of hydrogen-bond acceptors (Lipinski definition) is 10. The molecule has 19 heteroatoms. The van der Waals surface area contributed by atoms with E-state index in [1.807, 2.05) is 13.8 Å². The van der Waals surface area contributed by atoms with Crippen molar-refractivity contribution in [1.82, 2.24) is 0 Å². The molecule has 0 amide bonds. The molecule has 0 aliphatic heterocycles. The van der Waals surface area contributed by atoms with Crippen molar-refractivity contribution in [3.8, 4) is 45.3 Å². The first-order valence-corrected chi connectivity index (χ1v) is 22.3. The second-order valence-corrected chi connectivity index (χ2v) is 16.3. The minimum Gasteiger partial charge on any atom is -0.501 e. The second-order valence-electron chi connectivity index (χ2n) is 16.3. The third-order valence-corrected chi connectivity index (χ3v) is 11.0. The van der Waals surface area contributed by atoms with Crippen LogP contribution >= 0.6 is 0 Å². The number of hydrogen-bond donors (Lipinski definition) is 0. The van der Waals surface area contributed by atoms with Gasteiger partial charge in [-0.15, -0.1) is 26.3 Å². The van der Waals surface area contributed by atoms with Crippen LogP contribution in [0.5, 0.6) is 23.0 Å². The first kappa shape index (κ1) is 52.7. The fourth-order valence-corrected chi connectivity index (χ4v) is 7.40. The number of halogens is 9. The summed E-state index contributed by atoms with van der Waals surface area (Å²) in [6, 6.07) is 19.5. The smallest absolute Gasteiger partial charge is 0.501 e. The van der Waals surface area contributed by atoms with E-state index in [0.29, 0.717) is 34.7 Å². The Balaban J connectivity index is 1.22. The Morgan fingerprint density at radius 2 is 1.01 bits per heavy atom. The molecule has 376 valence electrons. The molecule has 0 bridgehead atoms. The van der Waals surface area contributed by atoms with Gasteiger partial charge in [-0.05, 0) is 85.3 Å². The molecule has 1 atom stereocenters. The minimum atomic E-state index is -5.05. The van der Waals surface area contributed by atoms with Crippen LogP contribution < -0.4 is 30.2 Å². The van der Waals surface area contributed by atoms with Crippen molar-refractivity contribution in [2.45, 2.75) is 90.2 Å². The van der Waals surface area contributed by atoms with E-state index in [4.69, 9.17) is 27.8 Å². The predicted molar refractivity (Wildman–Crippen MR) is 242 cm³/mol. The average molecular weight is 993 g/mol. The largest absolute Gasteiger partial charge is 0.573 e. The zero-order valence-corrected chi connectivity index (χ0v) is 38.0. The lowest BCUT2D eigenvalue weighted by atomic mass is 10.00. The summed E-state index contributed by atoms with van der Waals surface area (Å²) in [5.41, 5.74) is -1.55. The first-order chi connectivity index (χ1) is 33.2. The number of unbranched alkanes of at least 4 members (excludes halogenated alkanes) is 4. The van der Waals surface area contributed by atoms with E-state index < -0.39 is 80.1 Å². The van der Waals surface area contributed by atoms with Crippen molar-refractivity contribution < 1.29 is 76.8 Å². The van der Waals surface area contributed by atoms with Crippen molar-refractivity contribution in [3.05, 3.63) is 130 Å². The van der Waals surface area contributed by atoms with E-state index in [0.717, 1.165) is 44.8 Å². The molecule has 0 N–H and O–H groups in total. The molecule has 1 unspecified atom stereocenters. The number of fused-ring (bicyclic) bond motifs is 2. The van der Waals surface area contributed by atoms with Crippen LogP contribution in [-0.4, -0.2) is 51.4 Å². The molecule has 2 heterocycles. The Morgan fingerprint density at radius 3 is 1.41 bits per heavy atom. The maximum absolute atomic E-state index is 13.9. The zero-order valence-electron chi connectivity index (χ0n) is 38.0. The van der Waals surface area contributed by atoms with Crippen molar-refractivity contribution in [3.63, 3.8) is 0 Å². The fourth-order valence-electron chi connectivity index (χ4n) is 7.40. The SMILES string of the molecule is C=COCC(COC(COc1ccc2cc(-c3ccc(CCCCC)cc3OC(F)(F)F)c(=O)oc2c1)COc1ccc2cc(-c3ccc(CCCCC)cc3OC(F)(F)F)c(=O)oc2c1)C(F)(F)F. The zero-order chi connectivity index (χ0) is 50.6. The lowest BCUT2D eigenvalue weighted by molar-refractivity contribution is -0.275. The molecule has 0 fully saturated rings. The van der Waals surface area contributed by atoms with Gasteiger partial charge >= 0.3 is 30.2 Å². The molecule has 0 saturated heterocycles. The maximum Gasteiger partial charge on any atom is 0.573 e. The van der Waals surface area contributed by atoms with E-state index in [9.17, 15) is 49.1 Å². The van der Waals surface area contributed by atoms with Crippen LogP contribution in [0, 0.1) is 5.92 Å². The Hall–Kier alpha value is -6.63. The van der Waals surface area contributed by atoms with Gasteiger partial charge in [0.2, 0.25) is 0 Å². The molecule has 6 aromatic rings. The second kappa shape index (κ2) is 23.3. The van der Waals surface area contributed by atoms with E-state index in [2.05, 4.69) is 16.1 Å². The van der Waals surface area contributed by atoms with Gasteiger partial charge in [-0.2, -0.15) is 13.2 Å². The fraction of sp³-hybridized carbons (Fsp3) is 0.373. The van der Waals surface area contributed by atoms with Crippen molar-refractivity contribution in [1.29, 1.82) is 0 Å². The van der Waals surface area contributed by atoms with Crippen LogP contribution in [0.3, 0.4) is 0 Å². The van der Waals surface area contributed by atoms with E-state index in [-0.39, 0.29) is 44.9 Å². The van der Waals surface area contributed by atoms with Gasteiger partial charge in [0.15, 0.2) is 0 Å². The van der Waals surface area contributed by atoms with Gasteiger partial charge in [-0.25, -0.2) is 9.59 Å². The Bertz CT molecular complexity index is 2660. The summed E-state index contributed by atoms with van der Waals surface area (Å²) in [7, 11) is 0.